The quantitative estimate of drug-likeness (QED) is 0.915. The zero-order valence-corrected chi connectivity index (χ0v) is 11.7. The number of cyclic esters (lactones) is 1. The molecule has 1 N–H and O–H groups in total. The normalized spacial score (nSPS) is 20.1. The Balaban J connectivity index is 2.06. The molecule has 0 radical (unpaired) electrons. The molecule has 1 aliphatic rings. The summed E-state index contributed by atoms with van der Waals surface area (Å²) in [6.07, 6.45) is -1.65. The Morgan fingerprint density at radius 2 is 2.05 bits per heavy atom. The van der Waals surface area contributed by atoms with Gasteiger partial charge in [0.1, 0.15) is 6.61 Å². The number of hydrogen-bond donors (Lipinski definition) is 1. The van der Waals surface area contributed by atoms with Crippen molar-refractivity contribution in [1.29, 1.82) is 0 Å². The second-order valence-corrected chi connectivity index (χ2v) is 5.28. The van der Waals surface area contributed by atoms with Gasteiger partial charge in [-0.25, -0.2) is 9.69 Å². The molecular weight excluding hydrogens is 258 g/mol. The van der Waals surface area contributed by atoms with E-state index in [0.717, 1.165) is 4.90 Å². The molecule has 2 atom stereocenters. The van der Waals surface area contributed by atoms with Crippen molar-refractivity contribution in [2.45, 2.75) is 32.4 Å². The van der Waals surface area contributed by atoms with Crippen LogP contribution in [0.5, 0.6) is 0 Å². The van der Waals surface area contributed by atoms with E-state index in [9.17, 15) is 14.7 Å². The summed E-state index contributed by atoms with van der Waals surface area (Å²) in [5.41, 5.74) is 0.662. The number of nitrogens with zero attached hydrogens (tertiary/aromatic N) is 1. The Labute approximate surface area is 118 Å². The number of rotatable bonds is 4. The first kappa shape index (κ1) is 14.5. The summed E-state index contributed by atoms with van der Waals surface area (Å²) < 4.78 is 4.93. The lowest BCUT2D eigenvalue weighted by Gasteiger charge is -2.23. The number of carbonyl (C=O) groups is 2. The van der Waals surface area contributed by atoms with Gasteiger partial charge >= 0.3 is 6.09 Å². The monoisotopic (exact) mass is 277 g/mol. The number of benzene rings is 1. The fourth-order valence-corrected chi connectivity index (χ4v) is 2.27. The van der Waals surface area contributed by atoms with Crippen molar-refractivity contribution in [3.05, 3.63) is 35.9 Å². The first-order chi connectivity index (χ1) is 9.50. The molecule has 1 saturated heterocycles. The van der Waals surface area contributed by atoms with Gasteiger partial charge in [0.05, 0.1) is 18.6 Å². The second-order valence-electron chi connectivity index (χ2n) is 5.28. The van der Waals surface area contributed by atoms with Gasteiger partial charge in [-0.3, -0.25) is 4.79 Å². The average Bonchev–Trinajstić information content (AvgIpc) is 2.81. The van der Waals surface area contributed by atoms with Crippen LogP contribution in [0.25, 0.3) is 0 Å². The van der Waals surface area contributed by atoms with Crippen molar-refractivity contribution in [1.82, 2.24) is 4.90 Å². The van der Waals surface area contributed by atoms with E-state index in [2.05, 4.69) is 0 Å². The summed E-state index contributed by atoms with van der Waals surface area (Å²) in [5.74, 6) is -0.276. The largest absolute Gasteiger partial charge is 0.447 e. The Bertz CT molecular complexity index is 486. The molecule has 2 rings (SSSR count). The standard InChI is InChI=1S/C15H19NO4/c1-10(2)12-9-20-15(19)16(12)14(18)8-13(17)11-6-4-3-5-7-11/h3-7,10,12-13,17H,8-9H2,1-2H3/t12-,13+/m1/s1. The summed E-state index contributed by atoms with van der Waals surface area (Å²) in [5, 5.41) is 10.1. The van der Waals surface area contributed by atoms with Crippen molar-refractivity contribution >= 4 is 12.0 Å². The Morgan fingerprint density at radius 1 is 1.40 bits per heavy atom. The van der Waals surface area contributed by atoms with Gasteiger partial charge in [0.15, 0.2) is 0 Å². The van der Waals surface area contributed by atoms with Crippen LogP contribution in [0.3, 0.4) is 0 Å². The van der Waals surface area contributed by atoms with E-state index in [-0.39, 0.29) is 25.0 Å². The first-order valence-corrected chi connectivity index (χ1v) is 6.72. The van der Waals surface area contributed by atoms with Gasteiger partial charge in [0.25, 0.3) is 0 Å². The molecule has 5 heteroatoms. The number of amides is 2. The van der Waals surface area contributed by atoms with Crippen LogP contribution in [0.1, 0.15) is 31.9 Å². The minimum atomic E-state index is -0.912. The number of hydrogen-bond acceptors (Lipinski definition) is 4. The van der Waals surface area contributed by atoms with Crippen LogP contribution in [-0.4, -0.2) is 34.7 Å². The van der Waals surface area contributed by atoms with Crippen LogP contribution in [0.4, 0.5) is 4.79 Å². The predicted molar refractivity (Wildman–Crippen MR) is 72.8 cm³/mol. The molecule has 0 bridgehead atoms. The number of ether oxygens (including phenoxy) is 1. The van der Waals surface area contributed by atoms with Crippen LogP contribution in [-0.2, 0) is 9.53 Å². The third-order valence-corrected chi connectivity index (χ3v) is 3.50. The fourth-order valence-electron chi connectivity index (χ4n) is 2.27. The van der Waals surface area contributed by atoms with Crippen LogP contribution in [0, 0.1) is 5.92 Å². The van der Waals surface area contributed by atoms with Gasteiger partial charge in [-0.15, -0.1) is 0 Å². The molecule has 20 heavy (non-hydrogen) atoms. The van der Waals surface area contributed by atoms with Crippen LogP contribution in [0.15, 0.2) is 30.3 Å². The highest BCUT2D eigenvalue weighted by molar-refractivity contribution is 5.93. The van der Waals surface area contributed by atoms with Gasteiger partial charge in [-0.2, -0.15) is 0 Å². The summed E-state index contributed by atoms with van der Waals surface area (Å²) in [7, 11) is 0. The smallest absolute Gasteiger partial charge is 0.416 e. The molecule has 0 spiro atoms. The molecule has 1 aliphatic heterocycles. The molecular formula is C15H19NO4. The molecule has 1 aromatic rings. The first-order valence-electron chi connectivity index (χ1n) is 6.72. The summed E-state index contributed by atoms with van der Waals surface area (Å²) >= 11 is 0. The highest BCUT2D eigenvalue weighted by atomic mass is 16.6. The topological polar surface area (TPSA) is 66.8 Å². The van der Waals surface area contributed by atoms with Crippen molar-refractivity contribution in [3.63, 3.8) is 0 Å². The fraction of sp³-hybridized carbons (Fsp3) is 0.467. The number of imide groups is 1. The molecule has 1 aromatic carbocycles. The molecule has 0 saturated carbocycles. The molecule has 5 nitrogen and oxygen atoms in total. The van der Waals surface area contributed by atoms with Gasteiger partial charge < -0.3 is 9.84 Å². The maximum absolute atomic E-state index is 12.2. The maximum Gasteiger partial charge on any atom is 0.416 e. The zero-order chi connectivity index (χ0) is 14.7. The highest BCUT2D eigenvalue weighted by Crippen LogP contribution is 2.24. The Morgan fingerprint density at radius 3 is 2.65 bits per heavy atom. The van der Waals surface area contributed by atoms with E-state index >= 15 is 0 Å². The number of carbonyl (C=O) groups excluding carboxylic acids is 2. The van der Waals surface area contributed by atoms with Crippen molar-refractivity contribution in [3.8, 4) is 0 Å². The average molecular weight is 277 g/mol. The van der Waals surface area contributed by atoms with Crippen LogP contribution in [0.2, 0.25) is 0 Å². The van der Waals surface area contributed by atoms with Crippen molar-refractivity contribution in [2.75, 3.05) is 6.61 Å². The van der Waals surface area contributed by atoms with Gasteiger partial charge in [-0.05, 0) is 11.5 Å². The number of aliphatic hydroxyl groups excluding tert-OH is 1. The molecule has 108 valence electrons. The highest BCUT2D eigenvalue weighted by Gasteiger charge is 2.39. The lowest BCUT2D eigenvalue weighted by Crippen LogP contribution is -2.42. The van der Waals surface area contributed by atoms with E-state index in [4.69, 9.17) is 4.74 Å². The minimum Gasteiger partial charge on any atom is -0.447 e. The second kappa shape index (κ2) is 6.05. The van der Waals surface area contributed by atoms with E-state index < -0.39 is 18.1 Å². The molecule has 0 unspecified atom stereocenters. The predicted octanol–water partition coefficient (Wildman–Crippen LogP) is 2.11. The molecule has 1 heterocycles. The summed E-state index contributed by atoms with van der Waals surface area (Å²) in [6, 6.07) is 8.68. The van der Waals surface area contributed by atoms with Crippen LogP contribution >= 0.6 is 0 Å². The van der Waals surface area contributed by atoms with Crippen molar-refractivity contribution < 1.29 is 19.4 Å². The summed E-state index contributed by atoms with van der Waals surface area (Å²) in [6.45, 7) is 4.09. The van der Waals surface area contributed by atoms with Gasteiger partial charge in [-0.1, -0.05) is 44.2 Å². The van der Waals surface area contributed by atoms with Gasteiger partial charge in [0, 0.05) is 0 Å². The van der Waals surface area contributed by atoms with E-state index in [1.54, 1.807) is 24.3 Å². The zero-order valence-electron chi connectivity index (χ0n) is 11.7. The van der Waals surface area contributed by atoms with Gasteiger partial charge in [0.2, 0.25) is 5.91 Å². The lowest BCUT2D eigenvalue weighted by molar-refractivity contribution is -0.131. The van der Waals surface area contributed by atoms with Crippen LogP contribution < -0.4 is 0 Å². The van der Waals surface area contributed by atoms with E-state index in [1.807, 2.05) is 19.9 Å². The minimum absolute atomic E-state index is 0.123. The molecule has 2 amide bonds. The third-order valence-electron chi connectivity index (χ3n) is 3.50. The molecule has 0 aromatic heterocycles. The van der Waals surface area contributed by atoms with E-state index in [0.29, 0.717) is 5.56 Å². The summed E-state index contributed by atoms with van der Waals surface area (Å²) in [4.78, 5) is 25.0. The Kier molecular flexibility index (Phi) is 4.39. The molecule has 0 aliphatic carbocycles. The lowest BCUT2D eigenvalue weighted by atomic mass is 10.0. The SMILES string of the molecule is CC(C)[C@H]1COC(=O)N1C(=O)C[C@H](O)c1ccccc1. The number of aliphatic hydroxyl groups is 1. The Hall–Kier alpha value is -1.88. The van der Waals surface area contributed by atoms with E-state index in [1.165, 1.54) is 0 Å². The third kappa shape index (κ3) is 2.99. The van der Waals surface area contributed by atoms with Crippen molar-refractivity contribution in [2.24, 2.45) is 5.92 Å². The maximum atomic E-state index is 12.2. The molecule has 1 fully saturated rings.